The summed E-state index contributed by atoms with van der Waals surface area (Å²) in [5, 5.41) is 0. The second-order valence-electron chi connectivity index (χ2n) is 7.61. The number of rotatable bonds is 15. The van der Waals surface area contributed by atoms with Crippen LogP contribution in [0.4, 0.5) is 0 Å². The molecule has 0 atom stereocenters. The Hall–Kier alpha value is -2.24. The number of Topliss-reactive ketones (excluding diaryl/α,β-unsaturated/α-hetero) is 2. The van der Waals surface area contributed by atoms with Crippen LogP contribution in [0.15, 0.2) is 24.8 Å². The summed E-state index contributed by atoms with van der Waals surface area (Å²) < 4.78 is 3.58. The first-order valence-electron chi connectivity index (χ1n) is 10.6. The van der Waals surface area contributed by atoms with Crippen molar-refractivity contribution in [1.29, 1.82) is 0 Å². The Morgan fingerprint density at radius 3 is 1.25 bits per heavy atom. The molecule has 154 valence electrons. The maximum absolute atomic E-state index is 12.0. The van der Waals surface area contributed by atoms with E-state index in [1.807, 2.05) is 26.5 Å². The van der Waals surface area contributed by atoms with Crippen LogP contribution in [0.3, 0.4) is 0 Å². The molecule has 6 heteroatoms. The van der Waals surface area contributed by atoms with E-state index in [1.165, 1.54) is 38.5 Å². The number of imidazole rings is 2. The zero-order valence-corrected chi connectivity index (χ0v) is 17.4. The summed E-state index contributed by atoms with van der Waals surface area (Å²) in [6, 6.07) is 0. The van der Waals surface area contributed by atoms with Gasteiger partial charge in [0.25, 0.3) is 0 Å². The molecule has 0 aliphatic carbocycles. The van der Waals surface area contributed by atoms with Crippen molar-refractivity contribution in [3.8, 4) is 0 Å². The number of hydrogen-bond donors (Lipinski definition) is 0. The van der Waals surface area contributed by atoms with Gasteiger partial charge in [0, 0.05) is 51.7 Å². The molecule has 0 fully saturated rings. The van der Waals surface area contributed by atoms with E-state index in [-0.39, 0.29) is 11.6 Å². The van der Waals surface area contributed by atoms with E-state index >= 15 is 0 Å². The summed E-state index contributed by atoms with van der Waals surface area (Å²) in [4.78, 5) is 32.2. The highest BCUT2D eigenvalue weighted by Crippen LogP contribution is 2.13. The van der Waals surface area contributed by atoms with E-state index in [0.29, 0.717) is 24.5 Å². The molecular formula is C22H34N4O2. The van der Waals surface area contributed by atoms with E-state index in [0.717, 1.165) is 25.7 Å². The van der Waals surface area contributed by atoms with Gasteiger partial charge in [-0.2, -0.15) is 0 Å². The molecule has 0 radical (unpaired) electrons. The molecule has 0 aromatic carbocycles. The van der Waals surface area contributed by atoms with Crippen LogP contribution >= 0.6 is 0 Å². The van der Waals surface area contributed by atoms with E-state index in [2.05, 4.69) is 9.97 Å². The minimum absolute atomic E-state index is 0.147. The lowest BCUT2D eigenvalue weighted by molar-refractivity contribution is 0.0958. The molecule has 0 bridgehead atoms. The largest absolute Gasteiger partial charge is 0.332 e. The van der Waals surface area contributed by atoms with E-state index in [4.69, 9.17) is 0 Å². The Morgan fingerprint density at radius 2 is 0.964 bits per heavy atom. The van der Waals surface area contributed by atoms with Crippen molar-refractivity contribution in [2.45, 2.75) is 77.0 Å². The van der Waals surface area contributed by atoms with Gasteiger partial charge in [0.2, 0.25) is 0 Å². The van der Waals surface area contributed by atoms with Gasteiger partial charge in [0.15, 0.2) is 23.2 Å². The van der Waals surface area contributed by atoms with Crippen LogP contribution in [-0.2, 0) is 14.1 Å². The molecule has 2 heterocycles. The topological polar surface area (TPSA) is 69.8 Å². The Bertz CT molecular complexity index is 670. The molecule has 2 rings (SSSR count). The van der Waals surface area contributed by atoms with Crippen LogP contribution in [0.2, 0.25) is 0 Å². The van der Waals surface area contributed by atoms with Crippen molar-refractivity contribution >= 4 is 11.6 Å². The maximum atomic E-state index is 12.0. The number of hydrogen-bond acceptors (Lipinski definition) is 4. The molecule has 28 heavy (non-hydrogen) atoms. The van der Waals surface area contributed by atoms with Gasteiger partial charge in [0.05, 0.1) is 0 Å². The van der Waals surface area contributed by atoms with Crippen molar-refractivity contribution in [3.05, 3.63) is 36.4 Å². The average Bonchev–Trinajstić information content (AvgIpc) is 3.30. The van der Waals surface area contributed by atoms with Crippen molar-refractivity contribution in [2.24, 2.45) is 14.1 Å². The van der Waals surface area contributed by atoms with Crippen LogP contribution < -0.4 is 0 Å². The summed E-state index contributed by atoms with van der Waals surface area (Å²) in [6.07, 6.45) is 19.7. The molecule has 2 aromatic heterocycles. The van der Waals surface area contributed by atoms with Gasteiger partial charge in [-0.05, 0) is 12.8 Å². The standard InChI is InChI=1S/C22H34N4O2/c1-25-17-15-23-21(25)19(27)13-11-9-7-5-3-4-6-8-10-12-14-20(28)22-24-16-18-26(22)2/h15-18H,3-14H2,1-2H3. The third-order valence-corrected chi connectivity index (χ3v) is 5.20. The van der Waals surface area contributed by atoms with Crippen molar-refractivity contribution in [1.82, 2.24) is 19.1 Å². The predicted octanol–water partition coefficient (Wildman–Crippen LogP) is 4.90. The normalized spacial score (nSPS) is 11.1. The van der Waals surface area contributed by atoms with E-state index in [1.54, 1.807) is 21.5 Å². The minimum atomic E-state index is 0.147. The first kappa shape index (κ1) is 22.1. The average molecular weight is 387 g/mol. The molecule has 0 unspecified atom stereocenters. The fourth-order valence-electron chi connectivity index (χ4n) is 3.48. The molecular weight excluding hydrogens is 352 g/mol. The van der Waals surface area contributed by atoms with Crippen LogP contribution in [0.25, 0.3) is 0 Å². The lowest BCUT2D eigenvalue weighted by atomic mass is 10.0. The van der Waals surface area contributed by atoms with Crippen molar-refractivity contribution in [2.75, 3.05) is 0 Å². The Balaban J connectivity index is 1.37. The minimum Gasteiger partial charge on any atom is -0.332 e. The molecule has 0 amide bonds. The molecule has 0 saturated heterocycles. The van der Waals surface area contributed by atoms with Crippen LogP contribution in [0, 0.1) is 0 Å². The van der Waals surface area contributed by atoms with Gasteiger partial charge in [-0.15, -0.1) is 0 Å². The van der Waals surface area contributed by atoms with Gasteiger partial charge in [-0.1, -0.05) is 51.4 Å². The number of nitrogens with zero attached hydrogens (tertiary/aromatic N) is 4. The number of aryl methyl sites for hydroxylation is 2. The van der Waals surface area contributed by atoms with E-state index < -0.39 is 0 Å². The van der Waals surface area contributed by atoms with Gasteiger partial charge in [-0.3, -0.25) is 9.59 Å². The quantitative estimate of drug-likeness (QED) is 0.322. The zero-order valence-electron chi connectivity index (χ0n) is 17.4. The smallest absolute Gasteiger partial charge is 0.198 e. The summed E-state index contributed by atoms with van der Waals surface area (Å²) in [7, 11) is 3.72. The van der Waals surface area contributed by atoms with Crippen LogP contribution in [-0.4, -0.2) is 30.7 Å². The van der Waals surface area contributed by atoms with Gasteiger partial charge >= 0.3 is 0 Å². The fraction of sp³-hybridized carbons (Fsp3) is 0.636. The molecule has 2 aromatic rings. The molecule has 0 spiro atoms. The number of unbranched alkanes of at least 4 members (excludes halogenated alkanes) is 9. The fourth-order valence-corrected chi connectivity index (χ4v) is 3.48. The SMILES string of the molecule is Cn1ccnc1C(=O)CCCCCCCCCCCCC(=O)c1nccn1C. The zero-order chi connectivity index (χ0) is 20.2. The third kappa shape index (κ3) is 7.41. The monoisotopic (exact) mass is 386 g/mol. The highest BCUT2D eigenvalue weighted by Gasteiger charge is 2.10. The second kappa shape index (κ2) is 12.3. The number of carbonyl (C=O) groups excluding carboxylic acids is 2. The summed E-state index contributed by atoms with van der Waals surface area (Å²) in [5.41, 5.74) is 0. The molecule has 0 N–H and O–H groups in total. The highest BCUT2D eigenvalue weighted by atomic mass is 16.1. The lowest BCUT2D eigenvalue weighted by Gasteiger charge is -2.04. The highest BCUT2D eigenvalue weighted by molar-refractivity contribution is 5.93. The second-order valence-corrected chi connectivity index (χ2v) is 7.61. The summed E-state index contributed by atoms with van der Waals surface area (Å²) >= 11 is 0. The first-order valence-corrected chi connectivity index (χ1v) is 10.6. The van der Waals surface area contributed by atoms with Crippen LogP contribution in [0.5, 0.6) is 0 Å². The number of aromatic nitrogens is 4. The Kier molecular flexibility index (Phi) is 9.66. The van der Waals surface area contributed by atoms with Crippen molar-refractivity contribution < 1.29 is 9.59 Å². The third-order valence-electron chi connectivity index (χ3n) is 5.20. The Morgan fingerprint density at radius 1 is 0.643 bits per heavy atom. The maximum Gasteiger partial charge on any atom is 0.198 e. The summed E-state index contributed by atoms with van der Waals surface area (Å²) in [5.74, 6) is 1.44. The van der Waals surface area contributed by atoms with E-state index in [9.17, 15) is 9.59 Å². The number of carbonyl (C=O) groups is 2. The van der Waals surface area contributed by atoms with Crippen LogP contribution in [0.1, 0.15) is 98.3 Å². The molecule has 0 aliphatic rings. The number of ketones is 2. The molecule has 0 aliphatic heterocycles. The predicted molar refractivity (Wildman–Crippen MR) is 110 cm³/mol. The Labute approximate surface area is 168 Å². The van der Waals surface area contributed by atoms with Gasteiger partial charge in [0.1, 0.15) is 0 Å². The summed E-state index contributed by atoms with van der Waals surface area (Å²) in [6.45, 7) is 0. The first-order chi connectivity index (χ1) is 13.6. The van der Waals surface area contributed by atoms with Gasteiger partial charge in [-0.25, -0.2) is 9.97 Å². The lowest BCUT2D eigenvalue weighted by Crippen LogP contribution is -2.06. The van der Waals surface area contributed by atoms with Gasteiger partial charge < -0.3 is 9.13 Å². The molecule has 6 nitrogen and oxygen atoms in total. The molecule has 0 saturated carbocycles. The van der Waals surface area contributed by atoms with Crippen molar-refractivity contribution in [3.63, 3.8) is 0 Å².